The average Bonchev–Trinajstić information content (AvgIpc) is 3.04. The Labute approximate surface area is 131 Å². The van der Waals surface area contributed by atoms with Gasteiger partial charge in [-0.1, -0.05) is 29.4 Å². The molecule has 3 rings (SSSR count). The monoisotopic (exact) mass is 311 g/mol. The second-order valence-electron chi connectivity index (χ2n) is 5.04. The van der Waals surface area contributed by atoms with Crippen LogP contribution in [0.4, 0.5) is 0 Å². The molecule has 1 heterocycles. The summed E-state index contributed by atoms with van der Waals surface area (Å²) in [5.74, 6) is -2.15. The molecule has 23 heavy (non-hydrogen) atoms. The number of phenols is 2. The van der Waals surface area contributed by atoms with Gasteiger partial charge in [0.2, 0.25) is 0 Å². The minimum Gasteiger partial charge on any atom is -0.504 e. The van der Waals surface area contributed by atoms with Crippen molar-refractivity contribution in [2.45, 2.75) is 6.92 Å². The fourth-order valence-corrected chi connectivity index (χ4v) is 2.50. The average molecular weight is 311 g/mol. The highest BCUT2D eigenvalue weighted by molar-refractivity contribution is 6.00. The van der Waals surface area contributed by atoms with Crippen LogP contribution in [-0.2, 0) is 0 Å². The Morgan fingerprint density at radius 3 is 2.43 bits per heavy atom. The molecule has 0 saturated carbocycles. The van der Waals surface area contributed by atoms with Gasteiger partial charge in [0.15, 0.2) is 17.3 Å². The highest BCUT2D eigenvalue weighted by atomic mass is 16.5. The second-order valence-corrected chi connectivity index (χ2v) is 5.04. The van der Waals surface area contributed by atoms with E-state index >= 15 is 0 Å². The molecule has 6 heteroatoms. The van der Waals surface area contributed by atoms with Crippen LogP contribution in [0, 0.1) is 6.92 Å². The van der Waals surface area contributed by atoms with E-state index < -0.39 is 17.5 Å². The van der Waals surface area contributed by atoms with Crippen molar-refractivity contribution in [2.75, 3.05) is 0 Å². The van der Waals surface area contributed by atoms with Gasteiger partial charge in [-0.05, 0) is 24.1 Å². The molecule has 1 aromatic heterocycles. The molecule has 0 unspecified atom stereocenters. The van der Waals surface area contributed by atoms with Crippen LogP contribution in [0.15, 0.2) is 47.1 Å². The fourth-order valence-electron chi connectivity index (χ4n) is 2.50. The first-order valence-corrected chi connectivity index (χ1v) is 6.80. The summed E-state index contributed by atoms with van der Waals surface area (Å²) in [7, 11) is 0. The maximum absolute atomic E-state index is 11.6. The van der Waals surface area contributed by atoms with Crippen LogP contribution in [0.2, 0.25) is 0 Å². The lowest BCUT2D eigenvalue weighted by Gasteiger charge is -2.14. The van der Waals surface area contributed by atoms with Crippen molar-refractivity contribution in [1.29, 1.82) is 0 Å². The van der Waals surface area contributed by atoms with E-state index in [1.807, 2.05) is 19.1 Å². The topological polar surface area (TPSA) is 104 Å². The first-order valence-electron chi connectivity index (χ1n) is 6.80. The van der Waals surface area contributed by atoms with Gasteiger partial charge in [-0.2, -0.15) is 0 Å². The third-order valence-corrected chi connectivity index (χ3v) is 3.62. The van der Waals surface area contributed by atoms with E-state index in [-0.39, 0.29) is 22.5 Å². The molecular formula is C17H13NO5. The van der Waals surface area contributed by atoms with Gasteiger partial charge in [-0.3, -0.25) is 0 Å². The molecule has 0 fully saturated rings. The third-order valence-electron chi connectivity index (χ3n) is 3.62. The molecule has 0 aliphatic heterocycles. The zero-order valence-corrected chi connectivity index (χ0v) is 12.1. The van der Waals surface area contributed by atoms with Gasteiger partial charge < -0.3 is 19.8 Å². The molecule has 0 bridgehead atoms. The minimum atomic E-state index is -1.25. The first kappa shape index (κ1) is 14.6. The molecule has 0 spiro atoms. The molecule has 0 amide bonds. The highest BCUT2D eigenvalue weighted by Gasteiger charge is 2.25. The van der Waals surface area contributed by atoms with Crippen molar-refractivity contribution in [3.05, 3.63) is 53.7 Å². The first-order chi connectivity index (χ1) is 11.0. The maximum atomic E-state index is 11.6. The molecule has 116 valence electrons. The highest BCUT2D eigenvalue weighted by Crippen LogP contribution is 2.46. The Hall–Kier alpha value is -3.28. The molecule has 3 N–H and O–H groups in total. The van der Waals surface area contributed by atoms with E-state index in [2.05, 4.69) is 5.16 Å². The number of nitrogens with zero attached hydrogens (tertiary/aromatic N) is 1. The summed E-state index contributed by atoms with van der Waals surface area (Å²) in [6, 6.07) is 9.90. The summed E-state index contributed by atoms with van der Waals surface area (Å²) in [5, 5.41) is 33.7. The standard InChI is InChI=1S/C17H13NO5/c1-9-4-2-3-5-10(9)11-8-12(17(21)22)14(16(20)15(11)19)13-6-7-18-23-13/h2-8,19-20H,1H3,(H,21,22). The van der Waals surface area contributed by atoms with Crippen LogP contribution in [0.3, 0.4) is 0 Å². The Balaban J connectivity index is 2.34. The predicted octanol–water partition coefficient (Wildman–Crippen LogP) is 3.43. The van der Waals surface area contributed by atoms with Gasteiger partial charge in [0.05, 0.1) is 17.3 Å². The lowest BCUT2D eigenvalue weighted by atomic mass is 9.93. The number of rotatable bonds is 3. The van der Waals surface area contributed by atoms with Crippen molar-refractivity contribution in [1.82, 2.24) is 5.16 Å². The number of carboxylic acids is 1. The Morgan fingerprint density at radius 1 is 1.09 bits per heavy atom. The molecule has 0 aliphatic rings. The molecular weight excluding hydrogens is 298 g/mol. The molecule has 6 nitrogen and oxygen atoms in total. The zero-order chi connectivity index (χ0) is 16.6. The lowest BCUT2D eigenvalue weighted by molar-refractivity contribution is 0.0697. The molecule has 0 saturated heterocycles. The summed E-state index contributed by atoms with van der Waals surface area (Å²) in [4.78, 5) is 11.6. The number of aromatic carboxylic acids is 1. The fraction of sp³-hybridized carbons (Fsp3) is 0.0588. The summed E-state index contributed by atoms with van der Waals surface area (Å²) in [5.41, 5.74) is 1.42. The number of carbonyl (C=O) groups is 1. The largest absolute Gasteiger partial charge is 0.504 e. The van der Waals surface area contributed by atoms with E-state index in [1.54, 1.807) is 12.1 Å². The van der Waals surface area contributed by atoms with E-state index in [0.29, 0.717) is 5.56 Å². The number of hydrogen-bond donors (Lipinski definition) is 3. The van der Waals surface area contributed by atoms with Crippen LogP contribution in [0.1, 0.15) is 15.9 Å². The van der Waals surface area contributed by atoms with Crippen molar-refractivity contribution < 1.29 is 24.6 Å². The third kappa shape index (κ3) is 2.40. The van der Waals surface area contributed by atoms with Gasteiger partial charge in [0.25, 0.3) is 0 Å². The number of aryl methyl sites for hydroxylation is 1. The number of aromatic hydroxyl groups is 2. The van der Waals surface area contributed by atoms with Crippen molar-refractivity contribution in [2.24, 2.45) is 0 Å². The Kier molecular flexibility index (Phi) is 3.50. The lowest BCUT2D eigenvalue weighted by Crippen LogP contribution is -2.01. The van der Waals surface area contributed by atoms with Crippen LogP contribution in [-0.4, -0.2) is 26.4 Å². The predicted molar refractivity (Wildman–Crippen MR) is 82.4 cm³/mol. The van der Waals surface area contributed by atoms with Crippen molar-refractivity contribution in [3.8, 4) is 33.9 Å². The molecule has 3 aromatic rings. The summed E-state index contributed by atoms with van der Waals surface area (Å²) >= 11 is 0. The normalized spacial score (nSPS) is 10.7. The molecule has 0 radical (unpaired) electrons. The SMILES string of the molecule is Cc1ccccc1-c1cc(C(=O)O)c(-c2ccno2)c(O)c1O. The maximum Gasteiger partial charge on any atom is 0.336 e. The number of benzene rings is 2. The summed E-state index contributed by atoms with van der Waals surface area (Å²) in [6.45, 7) is 1.83. The molecule has 2 aromatic carbocycles. The van der Waals surface area contributed by atoms with Gasteiger partial charge in [0.1, 0.15) is 0 Å². The summed E-state index contributed by atoms with van der Waals surface area (Å²) in [6.07, 6.45) is 1.33. The van der Waals surface area contributed by atoms with Gasteiger partial charge in [-0.15, -0.1) is 0 Å². The number of phenolic OH excluding ortho intramolecular Hbond substituents is 2. The minimum absolute atomic E-state index is 0.0616. The zero-order valence-electron chi connectivity index (χ0n) is 12.1. The second kappa shape index (κ2) is 5.49. The smallest absolute Gasteiger partial charge is 0.336 e. The van der Waals surface area contributed by atoms with Gasteiger partial charge in [0, 0.05) is 11.6 Å². The van der Waals surface area contributed by atoms with E-state index in [4.69, 9.17) is 4.52 Å². The van der Waals surface area contributed by atoms with Crippen molar-refractivity contribution >= 4 is 5.97 Å². The van der Waals surface area contributed by atoms with Crippen LogP contribution in [0.25, 0.3) is 22.5 Å². The number of aromatic nitrogens is 1. The van der Waals surface area contributed by atoms with E-state index in [9.17, 15) is 20.1 Å². The van der Waals surface area contributed by atoms with Gasteiger partial charge in [-0.25, -0.2) is 4.79 Å². The van der Waals surface area contributed by atoms with Crippen LogP contribution < -0.4 is 0 Å². The van der Waals surface area contributed by atoms with E-state index in [0.717, 1.165) is 5.56 Å². The quantitative estimate of drug-likeness (QED) is 0.640. The van der Waals surface area contributed by atoms with E-state index in [1.165, 1.54) is 18.3 Å². The molecule has 0 atom stereocenters. The van der Waals surface area contributed by atoms with Crippen LogP contribution in [0.5, 0.6) is 11.5 Å². The van der Waals surface area contributed by atoms with Gasteiger partial charge >= 0.3 is 5.97 Å². The summed E-state index contributed by atoms with van der Waals surface area (Å²) < 4.78 is 4.93. The Morgan fingerprint density at radius 2 is 1.83 bits per heavy atom. The Bertz CT molecular complexity index is 884. The molecule has 0 aliphatic carbocycles. The number of hydrogen-bond acceptors (Lipinski definition) is 5. The van der Waals surface area contributed by atoms with Crippen molar-refractivity contribution in [3.63, 3.8) is 0 Å². The number of carboxylic acid groups (broad SMARTS) is 1. The van der Waals surface area contributed by atoms with Crippen LogP contribution >= 0.6 is 0 Å².